The number of aryl methyl sites for hydroxylation is 1. The minimum atomic E-state index is -5.05. The second-order valence-electron chi connectivity index (χ2n) is 6.04. The van der Waals surface area contributed by atoms with Crippen LogP contribution in [0.15, 0.2) is 17.7 Å². The van der Waals surface area contributed by atoms with E-state index in [1.165, 1.54) is 14.0 Å². The van der Waals surface area contributed by atoms with Gasteiger partial charge in [-0.15, -0.1) is 13.2 Å². The van der Waals surface area contributed by atoms with Crippen molar-refractivity contribution in [1.29, 1.82) is 0 Å². The number of carbonyl (C=O) groups is 2. The summed E-state index contributed by atoms with van der Waals surface area (Å²) in [5.74, 6) is -3.53. The Bertz CT molecular complexity index is 860. The van der Waals surface area contributed by atoms with Gasteiger partial charge in [0.15, 0.2) is 0 Å². The van der Waals surface area contributed by atoms with Gasteiger partial charge < -0.3 is 23.7 Å². The molecule has 1 atom stereocenters. The third kappa shape index (κ3) is 6.51. The number of rotatable bonds is 7. The van der Waals surface area contributed by atoms with Gasteiger partial charge >= 0.3 is 24.5 Å². The molecule has 0 fully saturated rings. The third-order valence-electron chi connectivity index (χ3n) is 3.82. The van der Waals surface area contributed by atoms with Gasteiger partial charge in [-0.05, 0) is 30.2 Å². The molecule has 1 heterocycles. The third-order valence-corrected chi connectivity index (χ3v) is 3.82. The number of fused-ring (bicyclic) bond motifs is 1. The lowest BCUT2D eigenvalue weighted by atomic mass is 9.97. The molecule has 1 aliphatic rings. The van der Waals surface area contributed by atoms with Crippen molar-refractivity contribution in [1.82, 2.24) is 0 Å². The van der Waals surface area contributed by atoms with E-state index in [-0.39, 0.29) is 23.3 Å². The lowest BCUT2D eigenvalue weighted by Crippen LogP contribution is -2.41. The molecule has 0 bridgehead atoms. The van der Waals surface area contributed by atoms with Gasteiger partial charge in [0, 0.05) is 12.7 Å². The molecule has 172 valence electrons. The molecule has 1 aliphatic heterocycles. The van der Waals surface area contributed by atoms with Crippen LogP contribution in [0.3, 0.4) is 0 Å². The Morgan fingerprint density at radius 2 is 1.77 bits per heavy atom. The smallest absolute Gasteiger partial charge is 0.475 e. The van der Waals surface area contributed by atoms with Crippen LogP contribution < -0.4 is 9.47 Å². The molecule has 0 unspecified atom stereocenters. The average Bonchev–Trinajstić information content (AvgIpc) is 2.64. The summed E-state index contributed by atoms with van der Waals surface area (Å²) in [4.78, 5) is 23.3. The Balaban J connectivity index is 2.38. The minimum absolute atomic E-state index is 0.00293. The Kier molecular flexibility index (Phi) is 7.41. The lowest BCUT2D eigenvalue weighted by Gasteiger charge is -2.29. The second-order valence-corrected chi connectivity index (χ2v) is 6.04. The maximum atomic E-state index is 13.5. The Morgan fingerprint density at radius 3 is 2.32 bits per heavy atom. The van der Waals surface area contributed by atoms with Gasteiger partial charge in [-0.25, -0.2) is 9.59 Å². The van der Waals surface area contributed by atoms with Crippen LogP contribution in [0.5, 0.6) is 11.5 Å². The lowest BCUT2D eigenvalue weighted by molar-refractivity contribution is -0.274. The molecule has 0 N–H and O–H groups in total. The van der Waals surface area contributed by atoms with Crippen molar-refractivity contribution in [3.63, 3.8) is 0 Å². The summed E-state index contributed by atoms with van der Waals surface area (Å²) in [5, 5.41) is 0. The standard InChI is InChI=1S/C18H16F6O7/c1-3-9-4-11(31-18(22,23)24)5-10-6-12(15(17(19,20)21)30-14(9)10)16(26)29-8-28-13(25)7-27-2/h4-6,15H,3,7-8H2,1-2H3/t15-/m0/s1. The fourth-order valence-corrected chi connectivity index (χ4v) is 2.61. The predicted molar refractivity (Wildman–Crippen MR) is 89.9 cm³/mol. The summed E-state index contributed by atoms with van der Waals surface area (Å²) >= 11 is 0. The molecule has 13 heteroatoms. The molecule has 0 saturated carbocycles. The van der Waals surface area contributed by atoms with Gasteiger partial charge in [0.1, 0.15) is 18.1 Å². The van der Waals surface area contributed by atoms with Gasteiger partial charge in [0.25, 0.3) is 0 Å². The summed E-state index contributed by atoms with van der Waals surface area (Å²) in [6, 6.07) is 1.67. The molecule has 0 spiro atoms. The normalized spacial score (nSPS) is 16.0. The minimum Gasteiger partial charge on any atom is -0.475 e. The summed E-state index contributed by atoms with van der Waals surface area (Å²) in [6.07, 6.45) is -12.1. The Morgan fingerprint density at radius 1 is 1.10 bits per heavy atom. The molecule has 0 aliphatic carbocycles. The summed E-state index contributed by atoms with van der Waals surface area (Å²) in [5.41, 5.74) is -1.29. The highest BCUT2D eigenvalue weighted by atomic mass is 19.4. The highest BCUT2D eigenvalue weighted by Crippen LogP contribution is 2.42. The maximum Gasteiger partial charge on any atom is 0.573 e. The van der Waals surface area contributed by atoms with Crippen molar-refractivity contribution in [3.05, 3.63) is 28.8 Å². The molecule has 0 saturated heterocycles. The number of alkyl halides is 6. The first-order chi connectivity index (χ1) is 14.4. The molecule has 1 aromatic carbocycles. The molecular formula is C18H16F6O7. The van der Waals surface area contributed by atoms with E-state index < -0.39 is 55.3 Å². The van der Waals surface area contributed by atoms with E-state index in [9.17, 15) is 35.9 Å². The van der Waals surface area contributed by atoms with Crippen LogP contribution >= 0.6 is 0 Å². The number of carbonyl (C=O) groups excluding carboxylic acids is 2. The second kappa shape index (κ2) is 9.45. The Hall–Kier alpha value is -2.96. The first kappa shape index (κ1) is 24.3. The topological polar surface area (TPSA) is 80.3 Å². The molecule has 7 nitrogen and oxygen atoms in total. The maximum absolute atomic E-state index is 13.5. The fraction of sp³-hybridized carbons (Fsp3) is 0.444. The summed E-state index contributed by atoms with van der Waals surface area (Å²) in [7, 11) is 1.18. The average molecular weight is 458 g/mol. The van der Waals surface area contributed by atoms with E-state index in [2.05, 4.69) is 18.9 Å². The number of methoxy groups -OCH3 is 1. The van der Waals surface area contributed by atoms with Gasteiger partial charge in [-0.2, -0.15) is 13.2 Å². The largest absolute Gasteiger partial charge is 0.573 e. The fourth-order valence-electron chi connectivity index (χ4n) is 2.61. The van der Waals surface area contributed by atoms with Crippen molar-refractivity contribution in [2.75, 3.05) is 20.5 Å². The number of benzene rings is 1. The SMILES string of the molecule is CCc1cc(OC(F)(F)F)cc2c1O[C@H](C(F)(F)F)C(C(=O)OCOC(=O)COC)=C2. The van der Waals surface area contributed by atoms with Gasteiger partial charge in [-0.3, -0.25) is 0 Å². The summed E-state index contributed by atoms with van der Waals surface area (Å²) in [6.45, 7) is -0.00226. The predicted octanol–water partition coefficient (Wildman–Crippen LogP) is 3.54. The van der Waals surface area contributed by atoms with E-state index in [0.717, 1.165) is 12.1 Å². The van der Waals surface area contributed by atoms with Crippen LogP contribution in [0.2, 0.25) is 0 Å². The highest BCUT2D eigenvalue weighted by Gasteiger charge is 2.49. The quantitative estimate of drug-likeness (QED) is 0.351. The van der Waals surface area contributed by atoms with Crippen LogP contribution in [-0.2, 0) is 30.2 Å². The number of ether oxygens (including phenoxy) is 5. The first-order valence-corrected chi connectivity index (χ1v) is 8.55. The highest BCUT2D eigenvalue weighted by molar-refractivity contribution is 5.96. The summed E-state index contributed by atoms with van der Waals surface area (Å²) < 4.78 is 100. The zero-order chi connectivity index (χ0) is 23.4. The van der Waals surface area contributed by atoms with E-state index in [1.807, 2.05) is 0 Å². The van der Waals surface area contributed by atoms with Crippen LogP contribution in [-0.4, -0.2) is 51.1 Å². The van der Waals surface area contributed by atoms with Gasteiger partial charge in [0.2, 0.25) is 12.9 Å². The molecule has 0 amide bonds. The van der Waals surface area contributed by atoms with Crippen LogP contribution in [0.1, 0.15) is 18.1 Å². The van der Waals surface area contributed by atoms with E-state index in [0.29, 0.717) is 6.08 Å². The van der Waals surface area contributed by atoms with Gasteiger partial charge in [0.05, 0.1) is 5.57 Å². The van der Waals surface area contributed by atoms with Crippen molar-refractivity contribution in [3.8, 4) is 11.5 Å². The number of hydrogen-bond donors (Lipinski definition) is 0. The van der Waals surface area contributed by atoms with E-state index in [4.69, 9.17) is 4.74 Å². The zero-order valence-corrected chi connectivity index (χ0v) is 16.1. The monoisotopic (exact) mass is 458 g/mol. The van der Waals surface area contributed by atoms with Crippen LogP contribution in [0, 0.1) is 0 Å². The molecule has 0 radical (unpaired) electrons. The van der Waals surface area contributed by atoms with E-state index >= 15 is 0 Å². The van der Waals surface area contributed by atoms with Crippen LogP contribution in [0.25, 0.3) is 6.08 Å². The van der Waals surface area contributed by atoms with Crippen LogP contribution in [0.4, 0.5) is 26.3 Å². The molecule has 1 aromatic rings. The molecule has 0 aromatic heterocycles. The zero-order valence-electron chi connectivity index (χ0n) is 16.1. The van der Waals surface area contributed by atoms with E-state index in [1.54, 1.807) is 0 Å². The molecular weight excluding hydrogens is 442 g/mol. The molecule has 2 rings (SSSR count). The number of hydrogen-bond acceptors (Lipinski definition) is 7. The van der Waals surface area contributed by atoms with Crippen molar-refractivity contribution in [2.45, 2.75) is 32.0 Å². The van der Waals surface area contributed by atoms with Crippen molar-refractivity contribution >= 4 is 18.0 Å². The first-order valence-electron chi connectivity index (χ1n) is 8.55. The molecule has 31 heavy (non-hydrogen) atoms. The Labute approximate surface area is 171 Å². The number of halogens is 6. The number of esters is 2. The van der Waals surface area contributed by atoms with Crippen molar-refractivity contribution < 1.29 is 59.6 Å². The van der Waals surface area contributed by atoms with Crippen molar-refractivity contribution in [2.24, 2.45) is 0 Å². The van der Waals surface area contributed by atoms with Gasteiger partial charge in [-0.1, -0.05) is 6.92 Å².